The van der Waals surface area contributed by atoms with Gasteiger partial charge in [-0.25, -0.2) is 4.79 Å². The summed E-state index contributed by atoms with van der Waals surface area (Å²) < 4.78 is 44.1. The lowest BCUT2D eigenvalue weighted by atomic mass is 9.78. The van der Waals surface area contributed by atoms with Crippen LogP contribution in [-0.4, -0.2) is 30.5 Å². The number of hydrogen-bond acceptors (Lipinski definition) is 3. The van der Waals surface area contributed by atoms with Crippen molar-refractivity contribution in [3.63, 3.8) is 0 Å². The van der Waals surface area contributed by atoms with Crippen molar-refractivity contribution in [2.45, 2.75) is 59.4 Å². The zero-order chi connectivity index (χ0) is 16.4. The molecule has 0 aromatic rings. The summed E-state index contributed by atoms with van der Waals surface area (Å²) in [6.45, 7) is 9.17. The van der Waals surface area contributed by atoms with E-state index >= 15 is 0 Å². The van der Waals surface area contributed by atoms with Gasteiger partial charge in [0.2, 0.25) is 0 Å². The Morgan fingerprint density at radius 1 is 1.15 bits per heavy atom. The molecular formula is C13H25F3N2O2. The van der Waals surface area contributed by atoms with Crippen LogP contribution in [0.25, 0.3) is 0 Å². The van der Waals surface area contributed by atoms with Crippen LogP contribution in [-0.2, 0) is 4.74 Å². The largest absolute Gasteiger partial charge is 0.444 e. The highest BCUT2D eigenvalue weighted by molar-refractivity contribution is 5.68. The number of nitrogens with one attached hydrogen (secondary N) is 1. The Morgan fingerprint density at radius 3 is 1.85 bits per heavy atom. The fourth-order valence-electron chi connectivity index (χ4n) is 1.81. The second kappa shape index (κ2) is 6.20. The monoisotopic (exact) mass is 298 g/mol. The Bertz CT molecular complexity index is 330. The first-order chi connectivity index (χ1) is 8.68. The molecule has 0 saturated heterocycles. The first-order valence-corrected chi connectivity index (χ1v) is 6.45. The summed E-state index contributed by atoms with van der Waals surface area (Å²) in [7, 11) is 0. The smallest absolute Gasteiger partial charge is 0.407 e. The number of alkyl carbamates (subject to hydrolysis) is 1. The van der Waals surface area contributed by atoms with E-state index in [4.69, 9.17) is 10.5 Å². The molecule has 0 radical (unpaired) electrons. The van der Waals surface area contributed by atoms with Gasteiger partial charge >= 0.3 is 12.3 Å². The molecule has 0 spiro atoms. The molecule has 0 aliphatic rings. The quantitative estimate of drug-likeness (QED) is 0.841. The van der Waals surface area contributed by atoms with Crippen molar-refractivity contribution in [2.24, 2.45) is 17.1 Å². The third kappa shape index (κ3) is 6.45. The second-order valence-electron chi connectivity index (χ2n) is 6.87. The zero-order valence-electron chi connectivity index (χ0n) is 12.9. The Labute approximate surface area is 118 Å². The number of halogens is 3. The van der Waals surface area contributed by atoms with E-state index in [-0.39, 0.29) is 0 Å². The third-order valence-corrected chi connectivity index (χ3v) is 2.68. The van der Waals surface area contributed by atoms with E-state index in [9.17, 15) is 18.0 Å². The van der Waals surface area contributed by atoms with E-state index in [1.807, 2.05) is 0 Å². The maximum absolute atomic E-state index is 13.0. The van der Waals surface area contributed by atoms with E-state index in [0.29, 0.717) is 0 Å². The minimum absolute atomic E-state index is 0.596. The minimum Gasteiger partial charge on any atom is -0.444 e. The predicted octanol–water partition coefficient (Wildman–Crippen LogP) is 3.06. The molecule has 0 saturated carbocycles. The molecule has 2 unspecified atom stereocenters. The number of amides is 1. The van der Waals surface area contributed by atoms with Crippen molar-refractivity contribution in [1.82, 2.24) is 5.32 Å². The summed E-state index contributed by atoms with van der Waals surface area (Å²) in [6, 6.07) is -1.16. The van der Waals surface area contributed by atoms with Crippen LogP contribution in [0.1, 0.15) is 41.5 Å². The average Bonchev–Trinajstić information content (AvgIpc) is 2.10. The summed E-state index contributed by atoms with van der Waals surface area (Å²) in [5.74, 6) is -1.82. The van der Waals surface area contributed by atoms with Crippen LogP contribution in [0.3, 0.4) is 0 Å². The van der Waals surface area contributed by atoms with Crippen molar-refractivity contribution in [3.8, 4) is 0 Å². The van der Waals surface area contributed by atoms with Crippen LogP contribution in [0.5, 0.6) is 0 Å². The van der Waals surface area contributed by atoms with Crippen LogP contribution in [0.4, 0.5) is 18.0 Å². The van der Waals surface area contributed by atoms with Gasteiger partial charge in [0.1, 0.15) is 5.60 Å². The molecule has 0 aliphatic carbocycles. The Balaban J connectivity index is 5.15. The lowest BCUT2D eigenvalue weighted by Crippen LogP contribution is -2.55. The molecule has 0 heterocycles. The molecule has 0 aromatic heterocycles. The molecule has 3 N–H and O–H groups in total. The van der Waals surface area contributed by atoms with Crippen molar-refractivity contribution in [1.29, 1.82) is 0 Å². The molecule has 0 rings (SSSR count). The Kier molecular flexibility index (Phi) is 5.89. The molecule has 0 fully saturated rings. The SMILES string of the molecule is CC(C)(C)OC(=O)NC(C(CN)C(F)(F)F)C(C)(C)C. The molecular weight excluding hydrogens is 273 g/mol. The Morgan fingerprint density at radius 2 is 1.60 bits per heavy atom. The molecule has 1 amide bonds. The van der Waals surface area contributed by atoms with Crippen LogP contribution in [0.15, 0.2) is 0 Å². The van der Waals surface area contributed by atoms with Gasteiger partial charge in [0, 0.05) is 12.6 Å². The number of ether oxygens (including phenoxy) is 1. The predicted molar refractivity (Wildman–Crippen MR) is 71.2 cm³/mol. The highest BCUT2D eigenvalue weighted by atomic mass is 19.4. The summed E-state index contributed by atoms with van der Waals surface area (Å²) in [6.07, 6.45) is -5.36. The maximum Gasteiger partial charge on any atom is 0.407 e. The van der Waals surface area contributed by atoms with Crippen LogP contribution >= 0.6 is 0 Å². The molecule has 120 valence electrons. The van der Waals surface area contributed by atoms with E-state index < -0.39 is 41.8 Å². The fraction of sp³-hybridized carbons (Fsp3) is 0.923. The average molecular weight is 298 g/mol. The topological polar surface area (TPSA) is 64.3 Å². The number of hydrogen-bond donors (Lipinski definition) is 2. The van der Waals surface area contributed by atoms with Gasteiger partial charge in [0.15, 0.2) is 0 Å². The van der Waals surface area contributed by atoms with Gasteiger partial charge < -0.3 is 15.8 Å². The minimum atomic E-state index is -4.48. The van der Waals surface area contributed by atoms with Gasteiger partial charge in [-0.1, -0.05) is 20.8 Å². The first-order valence-electron chi connectivity index (χ1n) is 6.45. The van der Waals surface area contributed by atoms with Crippen molar-refractivity contribution in [2.75, 3.05) is 6.54 Å². The van der Waals surface area contributed by atoms with Crippen LogP contribution in [0.2, 0.25) is 0 Å². The number of carbonyl (C=O) groups is 1. The van der Waals surface area contributed by atoms with Crippen LogP contribution in [0, 0.1) is 11.3 Å². The summed E-state index contributed by atoms with van der Waals surface area (Å²) in [5, 5.41) is 2.31. The van der Waals surface area contributed by atoms with E-state index in [2.05, 4.69) is 5.32 Å². The molecule has 2 atom stereocenters. The summed E-state index contributed by atoms with van der Waals surface area (Å²) in [5.41, 5.74) is 3.66. The number of rotatable bonds is 3. The van der Waals surface area contributed by atoms with Gasteiger partial charge in [0.05, 0.1) is 5.92 Å². The lowest BCUT2D eigenvalue weighted by Gasteiger charge is -2.38. The zero-order valence-corrected chi connectivity index (χ0v) is 12.9. The van der Waals surface area contributed by atoms with Gasteiger partial charge in [-0.15, -0.1) is 0 Å². The second-order valence-corrected chi connectivity index (χ2v) is 6.87. The van der Waals surface area contributed by atoms with E-state index in [1.165, 1.54) is 0 Å². The molecule has 20 heavy (non-hydrogen) atoms. The molecule has 7 heteroatoms. The highest BCUT2D eigenvalue weighted by Gasteiger charge is 2.48. The van der Waals surface area contributed by atoms with Gasteiger partial charge in [-0.05, 0) is 26.2 Å². The molecule has 4 nitrogen and oxygen atoms in total. The summed E-state index contributed by atoms with van der Waals surface area (Å²) in [4.78, 5) is 11.7. The summed E-state index contributed by atoms with van der Waals surface area (Å²) >= 11 is 0. The lowest BCUT2D eigenvalue weighted by molar-refractivity contribution is -0.186. The first kappa shape index (κ1) is 19.0. The normalized spacial score (nSPS) is 16.5. The Hall–Kier alpha value is -0.980. The maximum atomic E-state index is 13.0. The number of carbonyl (C=O) groups excluding carboxylic acids is 1. The number of alkyl halides is 3. The third-order valence-electron chi connectivity index (χ3n) is 2.68. The van der Waals surface area contributed by atoms with Gasteiger partial charge in [-0.3, -0.25) is 0 Å². The van der Waals surface area contributed by atoms with Gasteiger partial charge in [-0.2, -0.15) is 13.2 Å². The highest BCUT2D eigenvalue weighted by Crippen LogP contribution is 2.35. The number of nitrogens with two attached hydrogens (primary N) is 1. The van der Waals surface area contributed by atoms with E-state index in [0.717, 1.165) is 0 Å². The van der Waals surface area contributed by atoms with Crippen molar-refractivity contribution >= 4 is 6.09 Å². The standard InChI is InChI=1S/C13H25F3N2O2/c1-11(2,3)9(8(7-17)13(14,15)16)18-10(19)20-12(4,5)6/h8-9H,7,17H2,1-6H3,(H,18,19). The van der Waals surface area contributed by atoms with E-state index in [1.54, 1.807) is 41.5 Å². The van der Waals surface area contributed by atoms with Gasteiger partial charge in [0.25, 0.3) is 0 Å². The van der Waals surface area contributed by atoms with Crippen LogP contribution < -0.4 is 11.1 Å². The molecule has 0 aromatic carbocycles. The molecule has 0 bridgehead atoms. The fourth-order valence-corrected chi connectivity index (χ4v) is 1.81. The van der Waals surface area contributed by atoms with Crippen molar-refractivity contribution < 1.29 is 22.7 Å². The molecule has 0 aliphatic heterocycles. The van der Waals surface area contributed by atoms with Crippen molar-refractivity contribution in [3.05, 3.63) is 0 Å².